The Morgan fingerprint density at radius 1 is 1.35 bits per heavy atom. The predicted molar refractivity (Wildman–Crippen MR) is 96.3 cm³/mol. The van der Waals surface area contributed by atoms with Gasteiger partial charge in [0.2, 0.25) is 0 Å². The molecule has 2 heterocycles. The molecule has 0 unspecified atom stereocenters. The van der Waals surface area contributed by atoms with Crippen molar-refractivity contribution in [2.24, 2.45) is 0 Å². The van der Waals surface area contributed by atoms with Crippen LogP contribution in [0.3, 0.4) is 0 Å². The van der Waals surface area contributed by atoms with Crippen LogP contribution in [0.2, 0.25) is 0 Å². The highest BCUT2D eigenvalue weighted by Crippen LogP contribution is 2.46. The maximum atomic E-state index is 12.9. The molecule has 0 saturated carbocycles. The smallest absolute Gasteiger partial charge is 0.325 e. The first-order valence-electron chi connectivity index (χ1n) is 8.59. The van der Waals surface area contributed by atoms with Gasteiger partial charge in [-0.1, -0.05) is 25.1 Å². The lowest BCUT2D eigenvalue weighted by Gasteiger charge is -2.50. The van der Waals surface area contributed by atoms with Gasteiger partial charge in [0.1, 0.15) is 5.75 Å². The summed E-state index contributed by atoms with van der Waals surface area (Å²) in [5.74, 6) is 0.563. The number of para-hydroxylation sites is 1. The summed E-state index contributed by atoms with van der Waals surface area (Å²) in [6, 6.07) is 11.7. The second kappa shape index (κ2) is 5.72. The number of nitro groups is 1. The number of amides is 2. The number of anilines is 1. The van der Waals surface area contributed by atoms with E-state index in [1.807, 2.05) is 38.1 Å². The highest BCUT2D eigenvalue weighted by atomic mass is 16.6. The Morgan fingerprint density at radius 3 is 2.85 bits per heavy atom. The number of nitrogens with zero attached hydrogens (tertiary/aromatic N) is 2. The molecule has 1 N–H and O–H groups in total. The van der Waals surface area contributed by atoms with E-state index in [0.29, 0.717) is 17.7 Å². The second-order valence-corrected chi connectivity index (χ2v) is 6.78. The van der Waals surface area contributed by atoms with E-state index in [2.05, 4.69) is 5.32 Å². The van der Waals surface area contributed by atoms with Gasteiger partial charge in [0.15, 0.2) is 5.72 Å². The number of ether oxygens (including phenoxy) is 1. The molecule has 0 radical (unpaired) electrons. The molecule has 26 heavy (non-hydrogen) atoms. The lowest BCUT2D eigenvalue weighted by atomic mass is 9.89. The predicted octanol–water partition coefficient (Wildman–Crippen LogP) is 3.93. The number of hydrogen-bond acceptors (Lipinski definition) is 4. The number of fused-ring (bicyclic) bond motifs is 4. The minimum absolute atomic E-state index is 0.0102. The van der Waals surface area contributed by atoms with E-state index in [1.165, 1.54) is 12.1 Å². The van der Waals surface area contributed by atoms with Crippen LogP contribution >= 0.6 is 0 Å². The topological polar surface area (TPSA) is 84.7 Å². The van der Waals surface area contributed by atoms with E-state index in [4.69, 9.17) is 4.74 Å². The van der Waals surface area contributed by atoms with Gasteiger partial charge >= 0.3 is 6.03 Å². The third-order valence-electron chi connectivity index (χ3n) is 5.08. The molecule has 7 nitrogen and oxygen atoms in total. The Balaban J connectivity index is 1.80. The molecular weight excluding hydrogens is 334 g/mol. The van der Waals surface area contributed by atoms with E-state index in [9.17, 15) is 14.9 Å². The van der Waals surface area contributed by atoms with E-state index in [-0.39, 0.29) is 17.8 Å². The average molecular weight is 353 g/mol. The maximum absolute atomic E-state index is 12.9. The third-order valence-corrected chi connectivity index (χ3v) is 5.08. The second-order valence-electron chi connectivity index (χ2n) is 6.78. The van der Waals surface area contributed by atoms with E-state index >= 15 is 0 Å². The first-order chi connectivity index (χ1) is 12.4. The van der Waals surface area contributed by atoms with Crippen LogP contribution in [0.15, 0.2) is 42.5 Å². The van der Waals surface area contributed by atoms with Crippen LogP contribution in [0.1, 0.15) is 37.4 Å². The number of carbonyl (C=O) groups excluding carboxylic acids is 1. The van der Waals surface area contributed by atoms with Crippen LogP contribution in [0.5, 0.6) is 5.75 Å². The number of aryl methyl sites for hydroxylation is 1. The molecule has 1 fully saturated rings. The molecule has 4 rings (SSSR count). The molecule has 2 amide bonds. The molecule has 0 spiro atoms. The fourth-order valence-electron chi connectivity index (χ4n) is 3.87. The molecule has 2 aliphatic rings. The van der Waals surface area contributed by atoms with Crippen LogP contribution in [0, 0.1) is 10.1 Å². The number of nitro benzene ring substituents is 1. The van der Waals surface area contributed by atoms with Crippen molar-refractivity contribution in [1.82, 2.24) is 5.32 Å². The van der Waals surface area contributed by atoms with Gasteiger partial charge in [-0.2, -0.15) is 0 Å². The van der Waals surface area contributed by atoms with E-state index < -0.39 is 10.6 Å². The largest absolute Gasteiger partial charge is 0.467 e. The van der Waals surface area contributed by atoms with Crippen molar-refractivity contribution < 1.29 is 14.5 Å². The number of benzene rings is 2. The summed E-state index contributed by atoms with van der Waals surface area (Å²) in [5, 5.41) is 14.0. The molecule has 2 aromatic rings. The zero-order chi connectivity index (χ0) is 18.5. The van der Waals surface area contributed by atoms with Gasteiger partial charge in [-0.05, 0) is 31.0 Å². The number of non-ortho nitro benzene ring substituents is 1. The average Bonchev–Trinajstić information content (AvgIpc) is 2.61. The monoisotopic (exact) mass is 353 g/mol. The minimum Gasteiger partial charge on any atom is -0.467 e. The summed E-state index contributed by atoms with van der Waals surface area (Å²) < 4.78 is 6.20. The van der Waals surface area contributed by atoms with Crippen LogP contribution < -0.4 is 15.0 Å². The van der Waals surface area contributed by atoms with Gasteiger partial charge in [-0.15, -0.1) is 0 Å². The summed E-state index contributed by atoms with van der Waals surface area (Å²) in [6.45, 7) is 3.93. The zero-order valence-corrected chi connectivity index (χ0v) is 14.6. The highest BCUT2D eigenvalue weighted by Gasteiger charge is 2.50. The zero-order valence-electron chi connectivity index (χ0n) is 14.6. The number of urea groups is 1. The van der Waals surface area contributed by atoms with Crippen LogP contribution in [0.25, 0.3) is 0 Å². The van der Waals surface area contributed by atoms with Gasteiger partial charge in [0, 0.05) is 24.1 Å². The standard InChI is InChI=1S/C19H19N3O4/c1-3-12-6-4-5-7-16(12)21-18(23)20-15-11-19(21,2)26-17-9-8-13(22(24)25)10-14(15)17/h4-10,15H,3,11H2,1-2H3,(H,20,23)/t15-,19+/m0/s1. The van der Waals surface area contributed by atoms with Gasteiger partial charge in [-0.25, -0.2) is 4.79 Å². The molecule has 2 bridgehead atoms. The molecule has 7 heteroatoms. The first-order valence-corrected chi connectivity index (χ1v) is 8.59. The Hall–Kier alpha value is -3.09. The van der Waals surface area contributed by atoms with Crippen LogP contribution in [-0.2, 0) is 6.42 Å². The summed E-state index contributed by atoms with van der Waals surface area (Å²) in [6.07, 6.45) is 1.30. The van der Waals surface area contributed by atoms with E-state index in [0.717, 1.165) is 17.7 Å². The molecule has 134 valence electrons. The summed E-state index contributed by atoms with van der Waals surface area (Å²) in [5.41, 5.74) is 1.65. The van der Waals surface area contributed by atoms with Crippen molar-refractivity contribution in [3.63, 3.8) is 0 Å². The molecule has 2 atom stereocenters. The quantitative estimate of drug-likeness (QED) is 0.669. The fourth-order valence-corrected chi connectivity index (χ4v) is 3.87. The summed E-state index contributed by atoms with van der Waals surface area (Å²) in [7, 11) is 0. The van der Waals surface area contributed by atoms with Crippen molar-refractivity contribution in [3.8, 4) is 5.75 Å². The van der Waals surface area contributed by atoms with E-state index in [1.54, 1.807) is 11.0 Å². The highest BCUT2D eigenvalue weighted by molar-refractivity contribution is 5.95. The minimum atomic E-state index is -0.860. The molecular formula is C19H19N3O4. The molecule has 2 aromatic carbocycles. The number of nitrogens with one attached hydrogen (secondary N) is 1. The van der Waals surface area contributed by atoms with Crippen molar-refractivity contribution >= 4 is 17.4 Å². The molecule has 0 aliphatic carbocycles. The van der Waals surface area contributed by atoms with Crippen molar-refractivity contribution in [2.45, 2.75) is 38.5 Å². The number of rotatable bonds is 3. The van der Waals surface area contributed by atoms with Gasteiger partial charge in [-0.3, -0.25) is 15.0 Å². The SMILES string of the molecule is CCc1ccccc1N1C(=O)N[C@H]2C[C@@]1(C)Oc1ccc([N+](=O)[O-])cc12. The normalized spacial score (nSPS) is 23.7. The van der Waals surface area contributed by atoms with Crippen molar-refractivity contribution in [1.29, 1.82) is 0 Å². The first kappa shape index (κ1) is 16.4. The van der Waals surface area contributed by atoms with Gasteiger partial charge < -0.3 is 10.1 Å². The Morgan fingerprint density at radius 2 is 2.12 bits per heavy atom. The van der Waals surface area contributed by atoms with Gasteiger partial charge in [0.05, 0.1) is 16.7 Å². The lowest BCUT2D eigenvalue weighted by Crippen LogP contribution is -2.65. The van der Waals surface area contributed by atoms with Crippen LogP contribution in [-0.4, -0.2) is 16.7 Å². The summed E-state index contributed by atoms with van der Waals surface area (Å²) >= 11 is 0. The van der Waals surface area contributed by atoms with Crippen molar-refractivity contribution in [2.75, 3.05) is 4.90 Å². The van der Waals surface area contributed by atoms with Crippen molar-refractivity contribution in [3.05, 3.63) is 63.7 Å². The molecule has 1 saturated heterocycles. The van der Waals surface area contributed by atoms with Gasteiger partial charge in [0.25, 0.3) is 5.69 Å². The molecule has 0 aromatic heterocycles. The fraction of sp³-hybridized carbons (Fsp3) is 0.316. The third kappa shape index (κ3) is 2.39. The number of carbonyl (C=O) groups is 1. The van der Waals surface area contributed by atoms with Crippen LogP contribution in [0.4, 0.5) is 16.2 Å². The number of hydrogen-bond donors (Lipinski definition) is 1. The maximum Gasteiger partial charge on any atom is 0.325 e. The Labute approximate surface area is 150 Å². The molecule has 2 aliphatic heterocycles. The lowest BCUT2D eigenvalue weighted by molar-refractivity contribution is -0.385. The summed E-state index contributed by atoms with van der Waals surface area (Å²) in [4.78, 5) is 25.2. The Kier molecular flexibility index (Phi) is 3.61. The Bertz CT molecular complexity index is 913.